The molecule has 3 N–H and O–H groups in total. The molecule has 2 aromatic heterocycles. The molecule has 104 valence electrons. The summed E-state index contributed by atoms with van der Waals surface area (Å²) < 4.78 is 0. The molecule has 19 heavy (non-hydrogen) atoms. The van der Waals surface area contributed by atoms with Gasteiger partial charge in [0.05, 0.1) is 5.52 Å². The van der Waals surface area contributed by atoms with Crippen molar-refractivity contribution in [1.82, 2.24) is 15.0 Å². The number of anilines is 1. The maximum absolute atomic E-state index is 5.88. The largest absolute Gasteiger partial charge is 0.342 e. The zero-order valence-electron chi connectivity index (χ0n) is 11.4. The Morgan fingerprint density at radius 2 is 1.95 bits per heavy atom. The van der Waals surface area contributed by atoms with E-state index in [-0.39, 0.29) is 0 Å². The van der Waals surface area contributed by atoms with Crippen molar-refractivity contribution >= 4 is 28.7 Å². The minimum Gasteiger partial charge on any atom is -0.342 e. The number of nitrogens with two attached hydrogens (primary N) is 1. The van der Waals surface area contributed by atoms with Gasteiger partial charge in [-0.25, -0.2) is 4.98 Å². The summed E-state index contributed by atoms with van der Waals surface area (Å²) in [5, 5.41) is 0.469. The summed E-state index contributed by atoms with van der Waals surface area (Å²) in [6, 6.07) is 3.98. The van der Waals surface area contributed by atoms with Crippen LogP contribution in [0.1, 0.15) is 26.7 Å². The van der Waals surface area contributed by atoms with Gasteiger partial charge in [0.1, 0.15) is 5.15 Å². The first kappa shape index (κ1) is 14.1. The van der Waals surface area contributed by atoms with Gasteiger partial charge in [-0.1, -0.05) is 25.4 Å². The molecule has 2 aromatic rings. The molecule has 1 saturated heterocycles. The molecule has 1 fully saturated rings. The molecule has 3 heterocycles. The van der Waals surface area contributed by atoms with Gasteiger partial charge >= 0.3 is 0 Å². The van der Waals surface area contributed by atoms with Crippen LogP contribution in [-0.2, 0) is 0 Å². The monoisotopic (exact) mass is 281 g/mol. The summed E-state index contributed by atoms with van der Waals surface area (Å²) in [7, 11) is 0. The maximum atomic E-state index is 5.88. The fourth-order valence-electron chi connectivity index (χ4n) is 2.12. The number of nitrogens with zero attached hydrogens (tertiary/aromatic N) is 3. The fraction of sp³-hybridized carbons (Fsp3) is 0.538. The highest BCUT2D eigenvalue weighted by Crippen LogP contribution is 2.20. The Hall–Kier alpha value is -1.33. The van der Waals surface area contributed by atoms with E-state index < -0.39 is 0 Å². The lowest BCUT2D eigenvalue weighted by Gasteiger charge is -2.29. The summed E-state index contributed by atoms with van der Waals surface area (Å²) in [6.07, 6.45) is 2.01. The molecular weight excluding hydrogens is 262 g/mol. The Balaban J connectivity index is 0.000000637. The van der Waals surface area contributed by atoms with Crippen LogP contribution in [0.3, 0.4) is 0 Å². The summed E-state index contributed by atoms with van der Waals surface area (Å²) in [5.74, 6) is 0.863. The number of hydrogen-bond donors (Lipinski definition) is 2. The molecule has 0 aromatic carbocycles. The van der Waals surface area contributed by atoms with E-state index in [1.807, 2.05) is 19.9 Å². The van der Waals surface area contributed by atoms with Gasteiger partial charge in [-0.3, -0.25) is 0 Å². The number of pyridine rings is 1. The van der Waals surface area contributed by atoms with Crippen molar-refractivity contribution in [3.63, 3.8) is 0 Å². The van der Waals surface area contributed by atoms with Crippen LogP contribution in [0.5, 0.6) is 0 Å². The molecule has 0 radical (unpaired) electrons. The molecule has 5 nitrogen and oxygen atoms in total. The summed E-state index contributed by atoms with van der Waals surface area (Å²) in [6.45, 7) is 5.88. The normalized spacial score (nSPS) is 16.3. The highest BCUT2D eigenvalue weighted by molar-refractivity contribution is 6.29. The second-order valence-electron chi connectivity index (χ2n) is 4.39. The fourth-order valence-corrected chi connectivity index (χ4v) is 2.26. The molecular formula is C13H20ClN5. The first-order valence-corrected chi connectivity index (χ1v) is 7.13. The van der Waals surface area contributed by atoms with E-state index in [0.717, 1.165) is 37.4 Å². The number of piperidine rings is 1. The Bertz CT molecular complexity index is 531. The summed E-state index contributed by atoms with van der Waals surface area (Å²) in [5.41, 5.74) is 7.47. The van der Waals surface area contributed by atoms with Gasteiger partial charge in [-0.05, 0) is 25.0 Å². The molecule has 0 amide bonds. The number of nitrogens with one attached hydrogen (secondary N) is 1. The molecule has 1 aliphatic heterocycles. The highest BCUT2D eigenvalue weighted by atomic mass is 35.5. The van der Waals surface area contributed by atoms with Crippen molar-refractivity contribution in [3.8, 4) is 0 Å². The van der Waals surface area contributed by atoms with Crippen molar-refractivity contribution in [1.29, 1.82) is 0 Å². The molecule has 0 atom stereocenters. The number of rotatable bonds is 1. The van der Waals surface area contributed by atoms with Crippen LogP contribution in [0, 0.1) is 0 Å². The van der Waals surface area contributed by atoms with E-state index in [0.29, 0.717) is 16.8 Å². The van der Waals surface area contributed by atoms with Gasteiger partial charge in [0, 0.05) is 19.1 Å². The molecule has 0 bridgehead atoms. The van der Waals surface area contributed by atoms with Crippen molar-refractivity contribution < 1.29 is 0 Å². The van der Waals surface area contributed by atoms with Crippen LogP contribution >= 0.6 is 11.6 Å². The number of H-pyrrole nitrogens is 1. The van der Waals surface area contributed by atoms with Crippen LogP contribution in [0.4, 0.5) is 5.95 Å². The first-order valence-electron chi connectivity index (χ1n) is 6.75. The standard InChI is InChI=1S/C11H14ClN5.C2H6/c12-9-2-1-8-10(15-9)16-11(14-8)17-5-3-7(13)4-6-17;1-2/h1-2,7H,3-6,13H2,(H,14,15,16);1-2H3. The zero-order chi connectivity index (χ0) is 13.8. The molecule has 1 aliphatic rings. The Morgan fingerprint density at radius 1 is 1.26 bits per heavy atom. The SMILES string of the molecule is CC.NC1CCN(c2nc3nc(Cl)ccc3[nH]2)CC1. The molecule has 0 unspecified atom stereocenters. The third-order valence-corrected chi connectivity index (χ3v) is 3.35. The molecule has 0 aliphatic carbocycles. The number of hydrogen-bond acceptors (Lipinski definition) is 4. The lowest BCUT2D eigenvalue weighted by atomic mass is 10.1. The molecule has 0 saturated carbocycles. The third kappa shape index (κ3) is 3.16. The van der Waals surface area contributed by atoms with Gasteiger partial charge in [-0.15, -0.1) is 0 Å². The van der Waals surface area contributed by atoms with Gasteiger partial charge in [0.25, 0.3) is 0 Å². The van der Waals surface area contributed by atoms with E-state index in [1.54, 1.807) is 6.07 Å². The molecule has 0 spiro atoms. The maximum Gasteiger partial charge on any atom is 0.205 e. The van der Waals surface area contributed by atoms with E-state index >= 15 is 0 Å². The van der Waals surface area contributed by atoms with E-state index in [4.69, 9.17) is 17.3 Å². The van der Waals surface area contributed by atoms with Gasteiger partial charge in [0.15, 0.2) is 5.65 Å². The van der Waals surface area contributed by atoms with Crippen molar-refractivity contribution in [2.45, 2.75) is 32.7 Å². The van der Waals surface area contributed by atoms with Crippen LogP contribution in [0.2, 0.25) is 5.15 Å². The Kier molecular flexibility index (Phi) is 4.61. The predicted octanol–water partition coefficient (Wildman–Crippen LogP) is 2.57. The average Bonchev–Trinajstić information content (AvgIpc) is 2.84. The summed E-state index contributed by atoms with van der Waals surface area (Å²) >= 11 is 5.84. The lowest BCUT2D eigenvalue weighted by molar-refractivity contribution is 0.497. The Labute approximate surface area is 118 Å². The number of aromatic amines is 1. The van der Waals surface area contributed by atoms with Gasteiger partial charge < -0.3 is 15.6 Å². The first-order chi connectivity index (χ1) is 9.22. The average molecular weight is 282 g/mol. The quantitative estimate of drug-likeness (QED) is 0.788. The number of aromatic nitrogens is 3. The van der Waals surface area contributed by atoms with E-state index in [9.17, 15) is 0 Å². The van der Waals surface area contributed by atoms with Crippen LogP contribution < -0.4 is 10.6 Å². The second kappa shape index (κ2) is 6.21. The molecule has 6 heteroatoms. The predicted molar refractivity (Wildman–Crippen MR) is 79.7 cm³/mol. The van der Waals surface area contributed by atoms with Gasteiger partial charge in [0.2, 0.25) is 5.95 Å². The number of imidazole rings is 1. The van der Waals surface area contributed by atoms with Crippen LogP contribution in [0.25, 0.3) is 11.2 Å². The summed E-state index contributed by atoms with van der Waals surface area (Å²) in [4.78, 5) is 14.1. The molecule has 3 rings (SSSR count). The van der Waals surface area contributed by atoms with Gasteiger partial charge in [-0.2, -0.15) is 4.98 Å². The lowest BCUT2D eigenvalue weighted by Crippen LogP contribution is -2.40. The number of fused-ring (bicyclic) bond motifs is 1. The van der Waals surface area contributed by atoms with Crippen LogP contribution in [-0.4, -0.2) is 34.1 Å². The minimum atomic E-state index is 0.322. The smallest absolute Gasteiger partial charge is 0.205 e. The van der Waals surface area contributed by atoms with Crippen molar-refractivity contribution in [3.05, 3.63) is 17.3 Å². The third-order valence-electron chi connectivity index (χ3n) is 3.14. The van der Waals surface area contributed by atoms with E-state index in [1.165, 1.54) is 0 Å². The topological polar surface area (TPSA) is 70.8 Å². The van der Waals surface area contributed by atoms with Crippen molar-refractivity contribution in [2.75, 3.05) is 18.0 Å². The minimum absolute atomic E-state index is 0.322. The van der Waals surface area contributed by atoms with Crippen LogP contribution in [0.15, 0.2) is 12.1 Å². The number of halogens is 1. The van der Waals surface area contributed by atoms with Crippen molar-refractivity contribution in [2.24, 2.45) is 5.73 Å². The second-order valence-corrected chi connectivity index (χ2v) is 4.78. The zero-order valence-corrected chi connectivity index (χ0v) is 12.1. The highest BCUT2D eigenvalue weighted by Gasteiger charge is 2.19. The van der Waals surface area contributed by atoms with E-state index in [2.05, 4.69) is 19.9 Å². The Morgan fingerprint density at radius 3 is 2.63 bits per heavy atom.